The number of esters is 1. The van der Waals surface area contributed by atoms with Crippen molar-refractivity contribution in [3.63, 3.8) is 0 Å². The summed E-state index contributed by atoms with van der Waals surface area (Å²) in [7, 11) is 1.32. The summed E-state index contributed by atoms with van der Waals surface area (Å²) >= 11 is 0. The van der Waals surface area contributed by atoms with Gasteiger partial charge in [-0.05, 0) is 37.7 Å². The molecule has 0 spiro atoms. The Balaban J connectivity index is 1.75. The number of anilines is 2. The lowest BCUT2D eigenvalue weighted by Gasteiger charge is -2.34. The molecule has 1 saturated heterocycles. The number of likely N-dealkylation sites (N-methyl/N-ethyl adjacent to an activating group) is 1. The Labute approximate surface area is 164 Å². The van der Waals surface area contributed by atoms with Crippen molar-refractivity contribution in [3.8, 4) is 0 Å². The number of benzene rings is 1. The quantitative estimate of drug-likeness (QED) is 0.790. The van der Waals surface area contributed by atoms with Gasteiger partial charge in [-0.2, -0.15) is 0 Å². The molecule has 1 aliphatic heterocycles. The van der Waals surface area contributed by atoms with Crippen LogP contribution in [-0.2, 0) is 4.74 Å². The van der Waals surface area contributed by atoms with Crippen LogP contribution in [0.2, 0.25) is 0 Å². The lowest BCUT2D eigenvalue weighted by atomic mass is 10.2. The van der Waals surface area contributed by atoms with E-state index in [9.17, 15) is 9.59 Å². The second-order valence-corrected chi connectivity index (χ2v) is 6.64. The number of carbonyl (C=O) groups excluding carboxylic acids is 2. The third-order valence-electron chi connectivity index (χ3n) is 4.72. The zero-order valence-electron chi connectivity index (χ0n) is 16.4. The van der Waals surface area contributed by atoms with Crippen molar-refractivity contribution >= 4 is 23.5 Å². The van der Waals surface area contributed by atoms with Gasteiger partial charge in [0.2, 0.25) is 5.95 Å². The molecule has 148 valence electrons. The van der Waals surface area contributed by atoms with E-state index < -0.39 is 5.97 Å². The molecule has 1 amide bonds. The number of aryl methyl sites for hydroxylation is 1. The van der Waals surface area contributed by atoms with Gasteiger partial charge in [-0.15, -0.1) is 0 Å². The topological polar surface area (TPSA) is 87.7 Å². The van der Waals surface area contributed by atoms with Crippen molar-refractivity contribution in [1.82, 2.24) is 14.9 Å². The van der Waals surface area contributed by atoms with Gasteiger partial charge in [0.25, 0.3) is 5.91 Å². The van der Waals surface area contributed by atoms with E-state index in [2.05, 4.69) is 32.0 Å². The second kappa shape index (κ2) is 8.79. The number of amides is 1. The maximum atomic E-state index is 12.7. The molecule has 1 aromatic heterocycles. The first-order chi connectivity index (χ1) is 13.5. The normalized spacial score (nSPS) is 14.6. The monoisotopic (exact) mass is 383 g/mol. The summed E-state index contributed by atoms with van der Waals surface area (Å²) in [5.41, 5.74) is 1.90. The van der Waals surface area contributed by atoms with E-state index in [1.54, 1.807) is 30.3 Å². The Kier molecular flexibility index (Phi) is 6.20. The molecule has 2 heterocycles. The van der Waals surface area contributed by atoms with Crippen LogP contribution in [0.15, 0.2) is 30.3 Å². The number of methoxy groups -OCH3 is 1. The second-order valence-electron chi connectivity index (χ2n) is 6.64. The molecular weight excluding hydrogens is 358 g/mol. The summed E-state index contributed by atoms with van der Waals surface area (Å²) in [6.07, 6.45) is 0. The minimum atomic E-state index is -0.456. The molecule has 0 bridgehead atoms. The van der Waals surface area contributed by atoms with E-state index >= 15 is 0 Å². The van der Waals surface area contributed by atoms with Gasteiger partial charge in [0.05, 0.1) is 12.7 Å². The van der Waals surface area contributed by atoms with Crippen LogP contribution in [0.1, 0.15) is 33.5 Å². The fraction of sp³-hybridized carbons (Fsp3) is 0.400. The average Bonchev–Trinajstić information content (AvgIpc) is 2.73. The first-order valence-corrected chi connectivity index (χ1v) is 9.33. The van der Waals surface area contributed by atoms with Gasteiger partial charge in [-0.1, -0.05) is 13.0 Å². The predicted octanol–water partition coefficient (Wildman–Crippen LogP) is 1.97. The van der Waals surface area contributed by atoms with E-state index in [-0.39, 0.29) is 5.91 Å². The summed E-state index contributed by atoms with van der Waals surface area (Å²) in [6.45, 7) is 8.60. The van der Waals surface area contributed by atoms with Crippen molar-refractivity contribution in [3.05, 3.63) is 47.3 Å². The van der Waals surface area contributed by atoms with E-state index in [1.165, 1.54) is 7.11 Å². The van der Waals surface area contributed by atoms with Crippen molar-refractivity contribution in [2.75, 3.05) is 50.1 Å². The number of carbonyl (C=O) groups is 2. The first kappa shape index (κ1) is 19.8. The Hall–Kier alpha value is -3.00. The number of hydrogen-bond donors (Lipinski definition) is 1. The zero-order chi connectivity index (χ0) is 20.1. The molecule has 1 N–H and O–H groups in total. The van der Waals surface area contributed by atoms with Crippen molar-refractivity contribution < 1.29 is 14.3 Å². The fourth-order valence-electron chi connectivity index (χ4n) is 3.11. The highest BCUT2D eigenvalue weighted by molar-refractivity contribution is 6.03. The van der Waals surface area contributed by atoms with Crippen LogP contribution in [0.3, 0.4) is 0 Å². The molecule has 0 aliphatic carbocycles. The summed E-state index contributed by atoms with van der Waals surface area (Å²) in [5.74, 6) is -0.229. The Morgan fingerprint density at radius 3 is 2.57 bits per heavy atom. The Bertz CT molecular complexity index is 863. The maximum Gasteiger partial charge on any atom is 0.337 e. The van der Waals surface area contributed by atoms with E-state index in [1.807, 2.05) is 6.92 Å². The minimum absolute atomic E-state index is 0.295. The number of nitrogens with zero attached hydrogens (tertiary/aromatic N) is 4. The number of nitrogens with one attached hydrogen (secondary N) is 1. The van der Waals surface area contributed by atoms with Crippen LogP contribution < -0.4 is 10.2 Å². The average molecular weight is 383 g/mol. The summed E-state index contributed by atoms with van der Waals surface area (Å²) < 4.78 is 4.71. The van der Waals surface area contributed by atoms with Gasteiger partial charge >= 0.3 is 5.97 Å². The van der Waals surface area contributed by atoms with Crippen LogP contribution in [0, 0.1) is 6.92 Å². The van der Waals surface area contributed by atoms with Gasteiger partial charge in [-0.25, -0.2) is 14.8 Å². The third-order valence-corrected chi connectivity index (χ3v) is 4.72. The van der Waals surface area contributed by atoms with Gasteiger partial charge in [-0.3, -0.25) is 4.79 Å². The number of aromatic nitrogens is 2. The molecule has 0 atom stereocenters. The zero-order valence-corrected chi connectivity index (χ0v) is 16.4. The molecule has 0 unspecified atom stereocenters. The van der Waals surface area contributed by atoms with E-state index in [4.69, 9.17) is 4.74 Å². The number of ether oxygens (including phenoxy) is 1. The molecule has 8 nitrogen and oxygen atoms in total. The van der Waals surface area contributed by atoms with Crippen LogP contribution >= 0.6 is 0 Å². The van der Waals surface area contributed by atoms with Gasteiger partial charge in [0.15, 0.2) is 0 Å². The van der Waals surface area contributed by atoms with Gasteiger partial charge < -0.3 is 19.9 Å². The lowest BCUT2D eigenvalue weighted by Crippen LogP contribution is -2.47. The van der Waals surface area contributed by atoms with Crippen LogP contribution in [0.4, 0.5) is 11.6 Å². The minimum Gasteiger partial charge on any atom is -0.465 e. The molecule has 0 radical (unpaired) electrons. The smallest absolute Gasteiger partial charge is 0.337 e. The molecule has 28 heavy (non-hydrogen) atoms. The molecule has 1 aromatic carbocycles. The fourth-order valence-corrected chi connectivity index (χ4v) is 3.11. The number of piperazine rings is 1. The highest BCUT2D eigenvalue weighted by Gasteiger charge is 2.20. The lowest BCUT2D eigenvalue weighted by molar-refractivity contribution is 0.0600. The SMILES string of the molecule is CCN1CCN(c2nc(C)cc(C(=O)Nc3cccc(C(=O)OC)c3)n2)CC1. The van der Waals surface area contributed by atoms with Crippen LogP contribution in [0.25, 0.3) is 0 Å². The van der Waals surface area contributed by atoms with Gasteiger partial charge in [0, 0.05) is 37.6 Å². The predicted molar refractivity (Wildman–Crippen MR) is 107 cm³/mol. The molecular formula is C20H25N5O3. The first-order valence-electron chi connectivity index (χ1n) is 9.33. The summed E-state index contributed by atoms with van der Waals surface area (Å²) in [4.78, 5) is 37.8. The molecule has 2 aromatic rings. The van der Waals surface area contributed by atoms with Crippen molar-refractivity contribution in [1.29, 1.82) is 0 Å². The largest absolute Gasteiger partial charge is 0.465 e. The summed E-state index contributed by atoms with van der Waals surface area (Å²) in [6, 6.07) is 8.26. The highest BCUT2D eigenvalue weighted by atomic mass is 16.5. The highest BCUT2D eigenvalue weighted by Crippen LogP contribution is 2.16. The molecule has 1 fully saturated rings. The van der Waals surface area contributed by atoms with Crippen LogP contribution in [0.5, 0.6) is 0 Å². The molecule has 0 saturated carbocycles. The standard InChI is InChI=1S/C20H25N5O3/c1-4-24-8-10-25(11-9-24)20-21-14(2)12-17(23-20)18(26)22-16-7-5-6-15(13-16)19(27)28-3/h5-7,12-13H,4,8-11H2,1-3H3,(H,22,26). The molecule has 1 aliphatic rings. The van der Waals surface area contributed by atoms with Crippen LogP contribution in [-0.4, -0.2) is 66.6 Å². The summed E-state index contributed by atoms with van der Waals surface area (Å²) in [5, 5.41) is 2.79. The molecule has 8 heteroatoms. The van der Waals surface area contributed by atoms with Gasteiger partial charge in [0.1, 0.15) is 5.69 Å². The van der Waals surface area contributed by atoms with E-state index in [0.717, 1.165) is 38.4 Å². The third kappa shape index (κ3) is 4.64. The van der Waals surface area contributed by atoms with Crippen molar-refractivity contribution in [2.24, 2.45) is 0 Å². The molecule has 3 rings (SSSR count). The van der Waals surface area contributed by atoms with E-state index in [0.29, 0.717) is 22.9 Å². The maximum absolute atomic E-state index is 12.7. The Morgan fingerprint density at radius 1 is 1.14 bits per heavy atom. The number of rotatable bonds is 5. The number of hydrogen-bond acceptors (Lipinski definition) is 7. The Morgan fingerprint density at radius 2 is 1.89 bits per heavy atom. The van der Waals surface area contributed by atoms with Crippen molar-refractivity contribution in [2.45, 2.75) is 13.8 Å².